The van der Waals surface area contributed by atoms with Gasteiger partial charge in [0, 0.05) is 62.6 Å². The highest BCUT2D eigenvalue weighted by atomic mass is 15.3. The molecule has 4 heterocycles. The van der Waals surface area contributed by atoms with E-state index in [4.69, 9.17) is 0 Å². The van der Waals surface area contributed by atoms with E-state index in [1.54, 1.807) is 6.20 Å². The summed E-state index contributed by atoms with van der Waals surface area (Å²) >= 11 is 0. The van der Waals surface area contributed by atoms with Crippen LogP contribution in [-0.4, -0.2) is 44.6 Å². The van der Waals surface area contributed by atoms with Gasteiger partial charge in [0.1, 0.15) is 11.6 Å². The molecule has 1 N–H and O–H groups in total. The van der Waals surface area contributed by atoms with Crippen molar-refractivity contribution in [3.05, 3.63) is 60.1 Å². The number of rotatable bonds is 5. The molecule has 7 nitrogen and oxygen atoms in total. The maximum atomic E-state index is 4.68. The highest BCUT2D eigenvalue weighted by Crippen LogP contribution is 2.28. The number of nitrogens with one attached hydrogen (secondary N) is 1. The average molecular weight is 363 g/mol. The second-order valence-corrected chi connectivity index (χ2v) is 7.00. The molecule has 0 aliphatic carbocycles. The molecule has 1 aliphatic heterocycles. The average Bonchev–Trinajstić information content (AvgIpc) is 3.16. The Morgan fingerprint density at radius 2 is 2.19 bits per heavy atom. The summed E-state index contributed by atoms with van der Waals surface area (Å²) in [6.45, 7) is 4.67. The molecule has 140 valence electrons. The summed E-state index contributed by atoms with van der Waals surface area (Å²) < 4.78 is 2.24. The molecule has 0 unspecified atom stereocenters. The summed E-state index contributed by atoms with van der Waals surface area (Å²) in [5, 5.41) is 3.12. The lowest BCUT2D eigenvalue weighted by Gasteiger charge is -2.33. The van der Waals surface area contributed by atoms with Gasteiger partial charge in [0.25, 0.3) is 0 Å². The van der Waals surface area contributed by atoms with Gasteiger partial charge in [-0.25, -0.2) is 9.97 Å². The van der Waals surface area contributed by atoms with Crippen molar-refractivity contribution in [1.29, 1.82) is 0 Å². The molecule has 0 saturated carbocycles. The van der Waals surface area contributed by atoms with Crippen LogP contribution in [-0.2, 0) is 6.54 Å². The van der Waals surface area contributed by atoms with Gasteiger partial charge in [0.05, 0.1) is 6.54 Å². The lowest BCUT2D eigenvalue weighted by Crippen LogP contribution is -2.36. The Morgan fingerprint density at radius 3 is 3.00 bits per heavy atom. The first-order valence-corrected chi connectivity index (χ1v) is 9.41. The number of imidazole rings is 1. The SMILES string of the molecule is CNc1cc(C)nc(N2CCC[C@H](c3nccn3Cc3cccnc3)C2)n1. The molecule has 0 aromatic carbocycles. The van der Waals surface area contributed by atoms with Crippen molar-refractivity contribution in [2.45, 2.75) is 32.2 Å². The summed E-state index contributed by atoms with van der Waals surface area (Å²) in [6, 6.07) is 6.04. The summed E-state index contributed by atoms with van der Waals surface area (Å²) in [4.78, 5) is 20.5. The Hall–Kier alpha value is -2.96. The van der Waals surface area contributed by atoms with Gasteiger partial charge in [0.2, 0.25) is 5.95 Å². The zero-order chi connectivity index (χ0) is 18.6. The van der Waals surface area contributed by atoms with Gasteiger partial charge in [-0.15, -0.1) is 0 Å². The first-order chi connectivity index (χ1) is 13.2. The number of aryl methyl sites for hydroxylation is 1. The molecular weight excluding hydrogens is 338 g/mol. The molecule has 1 saturated heterocycles. The van der Waals surface area contributed by atoms with Crippen LogP contribution in [0.3, 0.4) is 0 Å². The van der Waals surface area contributed by atoms with Gasteiger partial charge in [0.15, 0.2) is 0 Å². The van der Waals surface area contributed by atoms with E-state index in [0.29, 0.717) is 5.92 Å². The number of aromatic nitrogens is 5. The Balaban J connectivity index is 1.54. The third-order valence-electron chi connectivity index (χ3n) is 4.99. The van der Waals surface area contributed by atoms with Crippen LogP contribution >= 0.6 is 0 Å². The number of pyridine rings is 1. The molecule has 3 aromatic heterocycles. The van der Waals surface area contributed by atoms with E-state index in [9.17, 15) is 0 Å². The standard InChI is InChI=1S/C20H25N7/c1-15-11-18(21-2)25-20(24-15)27-9-4-6-17(14-27)19-23-8-10-26(19)13-16-5-3-7-22-12-16/h3,5,7-8,10-12,17H,4,6,9,13-14H2,1-2H3,(H,21,24,25)/t17-/m0/s1. The van der Waals surface area contributed by atoms with Gasteiger partial charge >= 0.3 is 0 Å². The van der Waals surface area contributed by atoms with E-state index in [2.05, 4.69) is 47.0 Å². The van der Waals surface area contributed by atoms with E-state index in [1.807, 2.05) is 38.5 Å². The van der Waals surface area contributed by atoms with Gasteiger partial charge < -0.3 is 14.8 Å². The van der Waals surface area contributed by atoms with Gasteiger partial charge in [-0.2, -0.15) is 4.98 Å². The third kappa shape index (κ3) is 3.92. The third-order valence-corrected chi connectivity index (χ3v) is 4.99. The van der Waals surface area contributed by atoms with Crippen molar-refractivity contribution in [2.24, 2.45) is 0 Å². The Kier molecular flexibility index (Phi) is 5.00. The molecule has 3 aromatic rings. The highest BCUT2D eigenvalue weighted by molar-refractivity contribution is 5.43. The minimum absolute atomic E-state index is 0.368. The summed E-state index contributed by atoms with van der Waals surface area (Å²) in [5.74, 6) is 3.16. The van der Waals surface area contributed by atoms with Gasteiger partial charge in [-0.1, -0.05) is 6.07 Å². The topological polar surface area (TPSA) is 71.8 Å². The molecule has 1 aliphatic rings. The van der Waals surface area contributed by atoms with E-state index < -0.39 is 0 Å². The number of hydrogen-bond acceptors (Lipinski definition) is 6. The molecular formula is C20H25N7. The van der Waals surface area contributed by atoms with Crippen LogP contribution < -0.4 is 10.2 Å². The van der Waals surface area contributed by atoms with Crippen molar-refractivity contribution < 1.29 is 0 Å². The summed E-state index contributed by atoms with van der Waals surface area (Å²) in [7, 11) is 1.89. The molecule has 4 rings (SSSR count). The van der Waals surface area contributed by atoms with Gasteiger partial charge in [-0.3, -0.25) is 4.98 Å². The lowest BCUT2D eigenvalue weighted by molar-refractivity contribution is 0.471. The van der Waals surface area contributed by atoms with Crippen molar-refractivity contribution in [3.63, 3.8) is 0 Å². The Morgan fingerprint density at radius 1 is 1.26 bits per heavy atom. The molecule has 0 bridgehead atoms. The van der Waals surface area contributed by atoms with Gasteiger partial charge in [-0.05, 0) is 31.4 Å². The molecule has 0 spiro atoms. The second kappa shape index (κ2) is 7.73. The van der Waals surface area contributed by atoms with Crippen molar-refractivity contribution in [1.82, 2.24) is 24.5 Å². The molecule has 7 heteroatoms. The van der Waals surface area contributed by atoms with Crippen LogP contribution in [0.15, 0.2) is 43.0 Å². The Labute approximate surface area is 159 Å². The normalized spacial score (nSPS) is 17.1. The summed E-state index contributed by atoms with van der Waals surface area (Å²) in [6.07, 6.45) is 9.91. The van der Waals surface area contributed by atoms with Crippen molar-refractivity contribution >= 4 is 11.8 Å². The van der Waals surface area contributed by atoms with E-state index in [1.165, 1.54) is 5.56 Å². The first kappa shape index (κ1) is 17.5. The fourth-order valence-electron chi connectivity index (χ4n) is 3.69. The lowest BCUT2D eigenvalue weighted by atomic mass is 9.97. The second-order valence-electron chi connectivity index (χ2n) is 7.00. The van der Waals surface area contributed by atoms with Crippen LogP contribution in [0.4, 0.5) is 11.8 Å². The molecule has 1 atom stereocenters. The predicted octanol–water partition coefficient (Wildman–Crippen LogP) is 2.85. The zero-order valence-electron chi connectivity index (χ0n) is 15.8. The maximum absolute atomic E-state index is 4.68. The first-order valence-electron chi connectivity index (χ1n) is 9.41. The fourth-order valence-corrected chi connectivity index (χ4v) is 3.69. The Bertz CT molecular complexity index is 890. The predicted molar refractivity (Wildman–Crippen MR) is 106 cm³/mol. The smallest absolute Gasteiger partial charge is 0.227 e. The highest BCUT2D eigenvalue weighted by Gasteiger charge is 2.26. The minimum atomic E-state index is 0.368. The van der Waals surface area contributed by atoms with E-state index in [0.717, 1.165) is 55.8 Å². The van der Waals surface area contributed by atoms with Crippen LogP contribution in [0.2, 0.25) is 0 Å². The zero-order valence-corrected chi connectivity index (χ0v) is 15.8. The van der Waals surface area contributed by atoms with E-state index >= 15 is 0 Å². The van der Waals surface area contributed by atoms with Crippen LogP contribution in [0.5, 0.6) is 0 Å². The maximum Gasteiger partial charge on any atom is 0.227 e. The monoisotopic (exact) mass is 363 g/mol. The molecule has 1 fully saturated rings. The van der Waals surface area contributed by atoms with E-state index in [-0.39, 0.29) is 0 Å². The quantitative estimate of drug-likeness (QED) is 0.752. The largest absolute Gasteiger partial charge is 0.373 e. The van der Waals surface area contributed by atoms with Crippen molar-refractivity contribution in [3.8, 4) is 0 Å². The molecule has 0 radical (unpaired) electrons. The number of hydrogen-bond donors (Lipinski definition) is 1. The van der Waals surface area contributed by atoms with Crippen LogP contribution in [0.25, 0.3) is 0 Å². The molecule has 27 heavy (non-hydrogen) atoms. The fraction of sp³-hybridized carbons (Fsp3) is 0.400. The number of nitrogens with zero attached hydrogens (tertiary/aromatic N) is 6. The van der Waals surface area contributed by atoms with Crippen molar-refractivity contribution in [2.75, 3.05) is 30.4 Å². The number of piperidine rings is 1. The molecule has 0 amide bonds. The summed E-state index contributed by atoms with van der Waals surface area (Å²) in [5.41, 5.74) is 2.16. The number of anilines is 2. The van der Waals surface area contributed by atoms with Crippen LogP contribution in [0.1, 0.15) is 35.8 Å². The van der Waals surface area contributed by atoms with Crippen LogP contribution in [0, 0.1) is 6.92 Å². The minimum Gasteiger partial charge on any atom is -0.373 e.